The minimum absolute atomic E-state index is 0.0897. The van der Waals surface area contributed by atoms with Gasteiger partial charge in [0, 0.05) is 5.69 Å². The fraction of sp³-hybridized carbons (Fsp3) is 0.0769. The van der Waals surface area contributed by atoms with E-state index in [-0.39, 0.29) is 21.4 Å². The average molecular weight is 377 g/mol. The number of hydrogen-bond acceptors (Lipinski definition) is 3. The lowest BCUT2D eigenvalue weighted by molar-refractivity contribution is 0.565. The molecule has 0 radical (unpaired) electrons. The molecule has 8 heteroatoms. The van der Waals surface area contributed by atoms with Crippen molar-refractivity contribution in [2.45, 2.75) is 11.8 Å². The van der Waals surface area contributed by atoms with Gasteiger partial charge in [-0.2, -0.15) is 0 Å². The molecule has 0 amide bonds. The van der Waals surface area contributed by atoms with Crippen LogP contribution in [0.1, 0.15) is 5.56 Å². The molecule has 0 fully saturated rings. The number of nitrogens with two attached hydrogens (primary N) is 1. The molecule has 0 aliphatic carbocycles. The Morgan fingerprint density at radius 1 is 1.19 bits per heavy atom. The fourth-order valence-corrected chi connectivity index (χ4v) is 3.34. The maximum atomic E-state index is 14.0. The molecule has 2 aromatic carbocycles. The quantitative estimate of drug-likeness (QED) is 0.806. The molecule has 2 aromatic rings. The van der Waals surface area contributed by atoms with E-state index in [2.05, 4.69) is 20.7 Å². The van der Waals surface area contributed by atoms with E-state index in [0.29, 0.717) is 0 Å². The number of sulfonamides is 1. The first-order valence-electron chi connectivity index (χ1n) is 5.74. The van der Waals surface area contributed by atoms with Crippen molar-refractivity contribution < 1.29 is 17.2 Å². The molecule has 0 heterocycles. The molecule has 0 aliphatic rings. The van der Waals surface area contributed by atoms with Crippen LogP contribution in [-0.2, 0) is 10.0 Å². The Kier molecular flexibility index (Phi) is 4.20. The lowest BCUT2D eigenvalue weighted by atomic mass is 10.2. The summed E-state index contributed by atoms with van der Waals surface area (Å²) in [6.07, 6.45) is 0. The first-order valence-corrected chi connectivity index (χ1v) is 8.02. The van der Waals surface area contributed by atoms with Gasteiger partial charge in [0.15, 0.2) is 0 Å². The van der Waals surface area contributed by atoms with Gasteiger partial charge in [0.25, 0.3) is 10.0 Å². The highest BCUT2D eigenvalue weighted by Crippen LogP contribution is 2.26. The molecule has 4 nitrogen and oxygen atoms in total. The highest BCUT2D eigenvalue weighted by Gasteiger charge is 2.21. The lowest BCUT2D eigenvalue weighted by Crippen LogP contribution is -2.15. The first-order chi connectivity index (χ1) is 9.70. The summed E-state index contributed by atoms with van der Waals surface area (Å²) in [5.74, 6) is -1.41. The maximum absolute atomic E-state index is 14.0. The highest BCUT2D eigenvalue weighted by atomic mass is 79.9. The minimum Gasteiger partial charge on any atom is -0.399 e. The van der Waals surface area contributed by atoms with Gasteiger partial charge in [-0.1, -0.05) is 0 Å². The molecule has 112 valence electrons. The minimum atomic E-state index is -4.17. The van der Waals surface area contributed by atoms with Crippen LogP contribution in [0.15, 0.2) is 39.7 Å². The third-order valence-electron chi connectivity index (χ3n) is 2.70. The normalized spacial score (nSPS) is 11.4. The Morgan fingerprint density at radius 3 is 2.48 bits per heavy atom. The first kappa shape index (κ1) is 15.7. The summed E-state index contributed by atoms with van der Waals surface area (Å²) in [6.45, 7) is 1.42. The summed E-state index contributed by atoms with van der Waals surface area (Å²) < 4.78 is 53.8. The van der Waals surface area contributed by atoms with Crippen molar-refractivity contribution >= 4 is 37.3 Å². The van der Waals surface area contributed by atoms with E-state index in [0.717, 1.165) is 12.1 Å². The van der Waals surface area contributed by atoms with Gasteiger partial charge in [0.2, 0.25) is 0 Å². The summed E-state index contributed by atoms with van der Waals surface area (Å²) in [5.41, 5.74) is 5.90. The van der Waals surface area contributed by atoms with Crippen LogP contribution in [0.5, 0.6) is 0 Å². The van der Waals surface area contributed by atoms with Crippen molar-refractivity contribution in [3.63, 3.8) is 0 Å². The second-order valence-electron chi connectivity index (χ2n) is 4.38. The molecule has 2 rings (SSSR count). The molecule has 0 spiro atoms. The average Bonchev–Trinajstić information content (AvgIpc) is 2.37. The smallest absolute Gasteiger partial charge is 0.264 e. The van der Waals surface area contributed by atoms with E-state index in [1.54, 1.807) is 0 Å². The second kappa shape index (κ2) is 5.61. The Bertz CT molecular complexity index is 810. The van der Waals surface area contributed by atoms with Crippen LogP contribution in [0.4, 0.5) is 20.2 Å². The molecule has 0 bridgehead atoms. The zero-order chi connectivity index (χ0) is 15.8. The number of hydrogen-bond donors (Lipinski definition) is 2. The second-order valence-corrected chi connectivity index (χ2v) is 6.89. The van der Waals surface area contributed by atoms with Crippen LogP contribution in [-0.4, -0.2) is 8.42 Å². The van der Waals surface area contributed by atoms with Crippen LogP contribution in [0, 0.1) is 18.6 Å². The molecular weight excluding hydrogens is 366 g/mol. The zero-order valence-corrected chi connectivity index (χ0v) is 13.2. The number of halogens is 3. The molecule has 0 aromatic heterocycles. The third-order valence-corrected chi connectivity index (χ3v) is 4.69. The molecular formula is C13H11BrF2N2O2S. The number of benzene rings is 2. The van der Waals surface area contributed by atoms with Crippen LogP contribution in [0.3, 0.4) is 0 Å². The molecule has 0 saturated heterocycles. The summed E-state index contributed by atoms with van der Waals surface area (Å²) in [6, 6.07) is 5.92. The van der Waals surface area contributed by atoms with E-state index in [4.69, 9.17) is 5.73 Å². The van der Waals surface area contributed by atoms with Crippen molar-refractivity contribution in [1.82, 2.24) is 0 Å². The summed E-state index contributed by atoms with van der Waals surface area (Å²) in [4.78, 5) is -0.555. The van der Waals surface area contributed by atoms with Gasteiger partial charge in [0.1, 0.15) is 16.5 Å². The standard InChI is InChI=1S/C13H11BrF2N2O2S/c1-7-4-8(17)5-12(13(7)16)21(19,20)18-9-2-3-11(15)10(14)6-9/h2-6,18H,17H2,1H3. The molecule has 0 unspecified atom stereocenters. The number of nitrogens with one attached hydrogen (secondary N) is 1. The Balaban J connectivity index is 2.45. The van der Waals surface area contributed by atoms with E-state index in [9.17, 15) is 17.2 Å². The number of anilines is 2. The van der Waals surface area contributed by atoms with Gasteiger partial charge in [-0.05, 0) is 58.7 Å². The molecule has 3 N–H and O–H groups in total. The van der Waals surface area contributed by atoms with Gasteiger partial charge in [0.05, 0.1) is 10.2 Å². The Labute approximate surface area is 129 Å². The zero-order valence-electron chi connectivity index (χ0n) is 10.8. The van der Waals surface area contributed by atoms with Crippen molar-refractivity contribution in [1.29, 1.82) is 0 Å². The van der Waals surface area contributed by atoms with Crippen LogP contribution >= 0.6 is 15.9 Å². The topological polar surface area (TPSA) is 72.2 Å². The van der Waals surface area contributed by atoms with Crippen LogP contribution in [0.25, 0.3) is 0 Å². The van der Waals surface area contributed by atoms with Gasteiger partial charge in [-0.25, -0.2) is 17.2 Å². The molecule has 0 aliphatic heterocycles. The van der Waals surface area contributed by atoms with Crippen molar-refractivity contribution in [2.24, 2.45) is 0 Å². The lowest BCUT2D eigenvalue weighted by Gasteiger charge is -2.11. The van der Waals surface area contributed by atoms with Gasteiger partial charge >= 0.3 is 0 Å². The molecule has 0 saturated carbocycles. The Morgan fingerprint density at radius 2 is 1.86 bits per heavy atom. The largest absolute Gasteiger partial charge is 0.399 e. The SMILES string of the molecule is Cc1cc(N)cc(S(=O)(=O)Nc2ccc(F)c(Br)c2)c1F. The molecule has 21 heavy (non-hydrogen) atoms. The monoisotopic (exact) mass is 376 g/mol. The number of aryl methyl sites for hydroxylation is 1. The molecule has 0 atom stereocenters. The summed E-state index contributed by atoms with van der Waals surface area (Å²) >= 11 is 2.94. The van der Waals surface area contributed by atoms with E-state index in [1.165, 1.54) is 25.1 Å². The van der Waals surface area contributed by atoms with Crippen LogP contribution < -0.4 is 10.5 Å². The van der Waals surface area contributed by atoms with Gasteiger partial charge in [-0.3, -0.25) is 4.72 Å². The van der Waals surface area contributed by atoms with Crippen molar-refractivity contribution in [3.8, 4) is 0 Å². The van der Waals surface area contributed by atoms with Gasteiger partial charge < -0.3 is 5.73 Å². The summed E-state index contributed by atoms with van der Waals surface area (Å²) in [7, 11) is -4.17. The predicted octanol–water partition coefficient (Wildman–Crippen LogP) is 3.42. The highest BCUT2D eigenvalue weighted by molar-refractivity contribution is 9.10. The number of rotatable bonds is 3. The van der Waals surface area contributed by atoms with E-state index >= 15 is 0 Å². The summed E-state index contributed by atoms with van der Waals surface area (Å²) in [5, 5.41) is 0. The third kappa shape index (κ3) is 3.33. The Hall–Kier alpha value is -1.67. The maximum Gasteiger partial charge on any atom is 0.264 e. The van der Waals surface area contributed by atoms with Gasteiger partial charge in [-0.15, -0.1) is 0 Å². The van der Waals surface area contributed by atoms with Crippen LogP contribution in [0.2, 0.25) is 0 Å². The van der Waals surface area contributed by atoms with Crippen molar-refractivity contribution in [3.05, 3.63) is 52.0 Å². The van der Waals surface area contributed by atoms with Crippen molar-refractivity contribution in [2.75, 3.05) is 10.5 Å². The van der Waals surface area contributed by atoms with E-state index < -0.39 is 26.6 Å². The number of nitrogen functional groups attached to an aromatic ring is 1. The predicted molar refractivity (Wildman–Crippen MR) is 80.5 cm³/mol. The van der Waals surface area contributed by atoms with E-state index in [1.807, 2.05) is 0 Å². The fourth-order valence-electron chi connectivity index (χ4n) is 1.73.